The molecule has 0 N–H and O–H groups in total. The third kappa shape index (κ3) is 2.71. The van der Waals surface area contributed by atoms with Crippen LogP contribution >= 0.6 is 0 Å². The van der Waals surface area contributed by atoms with Crippen molar-refractivity contribution >= 4 is 20.2 Å². The van der Waals surface area contributed by atoms with Gasteiger partial charge in [0.15, 0.2) is 0 Å². The molecular weight excluding hydrogens is 280 g/mol. The van der Waals surface area contributed by atoms with E-state index in [-0.39, 0.29) is 0 Å². The minimum atomic E-state index is -4.41. The van der Waals surface area contributed by atoms with Crippen molar-refractivity contribution in [1.29, 1.82) is 0 Å². The average Bonchev–Trinajstić information content (AvgIpc) is 2.24. The van der Waals surface area contributed by atoms with Crippen molar-refractivity contribution < 1.29 is 25.9 Å². The summed E-state index contributed by atoms with van der Waals surface area (Å²) in [5.41, 5.74) is 0. The van der Waals surface area contributed by atoms with Crippen LogP contribution in [0.15, 0.2) is 0 Å². The Morgan fingerprint density at radius 2 is 1.00 bits per heavy atom. The maximum absolute atomic E-state index is 11.2. The second-order valence-corrected chi connectivity index (χ2v) is 8.43. The van der Waals surface area contributed by atoms with E-state index in [0.29, 0.717) is 38.5 Å². The molecule has 2 fully saturated rings. The average molecular weight is 296 g/mol. The Balaban J connectivity index is 2.31. The van der Waals surface area contributed by atoms with Gasteiger partial charge in [-0.3, -0.25) is 0 Å². The fourth-order valence-electron chi connectivity index (χ4n) is 3.61. The van der Waals surface area contributed by atoms with Gasteiger partial charge < -0.3 is 9.11 Å². The molecule has 2 saturated carbocycles. The molecule has 0 radical (unpaired) electrons. The van der Waals surface area contributed by atoms with E-state index in [1.165, 1.54) is 0 Å². The van der Waals surface area contributed by atoms with Crippen molar-refractivity contribution in [3.63, 3.8) is 0 Å². The minimum Gasteiger partial charge on any atom is -0.748 e. The van der Waals surface area contributed by atoms with Crippen molar-refractivity contribution in [1.82, 2.24) is 0 Å². The van der Waals surface area contributed by atoms with Crippen molar-refractivity contribution in [2.75, 3.05) is 0 Å². The van der Waals surface area contributed by atoms with Crippen LogP contribution < -0.4 is 0 Å². The molecular formula is C10H16O6S2-2. The van der Waals surface area contributed by atoms with Gasteiger partial charge >= 0.3 is 0 Å². The normalized spacial score (nSPS) is 38.1. The summed E-state index contributed by atoms with van der Waals surface area (Å²) in [5.74, 6) is -0.910. The monoisotopic (exact) mass is 296 g/mol. The molecule has 4 atom stereocenters. The molecule has 0 aliphatic heterocycles. The Morgan fingerprint density at radius 1 is 0.667 bits per heavy atom. The van der Waals surface area contributed by atoms with Gasteiger partial charge in [-0.1, -0.05) is 12.8 Å². The Hall–Kier alpha value is -0.180. The highest BCUT2D eigenvalue weighted by Gasteiger charge is 2.44. The second-order valence-electron chi connectivity index (χ2n) is 5.25. The van der Waals surface area contributed by atoms with E-state index in [9.17, 15) is 25.9 Å². The van der Waals surface area contributed by atoms with Crippen molar-refractivity contribution in [2.24, 2.45) is 11.8 Å². The van der Waals surface area contributed by atoms with Gasteiger partial charge in [-0.2, -0.15) is 0 Å². The van der Waals surface area contributed by atoms with Gasteiger partial charge in [-0.25, -0.2) is 16.8 Å². The van der Waals surface area contributed by atoms with Crippen molar-refractivity contribution in [3.05, 3.63) is 0 Å². The molecule has 0 saturated heterocycles. The summed E-state index contributed by atoms with van der Waals surface area (Å²) in [7, 11) is -8.82. The molecule has 2 aliphatic rings. The van der Waals surface area contributed by atoms with Gasteiger partial charge in [0.05, 0.1) is 30.7 Å². The number of hydrogen-bond donors (Lipinski definition) is 0. The molecule has 4 unspecified atom stereocenters. The van der Waals surface area contributed by atoms with Crippen LogP contribution in [0.4, 0.5) is 0 Å². The van der Waals surface area contributed by atoms with Gasteiger partial charge in [0.1, 0.15) is 0 Å². The molecule has 0 spiro atoms. The number of rotatable bonds is 2. The van der Waals surface area contributed by atoms with E-state index in [2.05, 4.69) is 0 Å². The van der Waals surface area contributed by atoms with Crippen LogP contribution in [-0.4, -0.2) is 36.4 Å². The zero-order chi connectivity index (χ0) is 13.6. The second kappa shape index (κ2) is 4.73. The Labute approximate surface area is 107 Å². The smallest absolute Gasteiger partial charge is 0.0978 e. The first-order chi connectivity index (χ1) is 8.21. The third-order valence-electron chi connectivity index (χ3n) is 4.30. The molecule has 0 aromatic heterocycles. The van der Waals surface area contributed by atoms with Gasteiger partial charge in [-0.15, -0.1) is 0 Å². The van der Waals surface area contributed by atoms with E-state index in [1.807, 2.05) is 0 Å². The minimum absolute atomic E-state index is 0.290. The molecule has 0 amide bonds. The zero-order valence-corrected chi connectivity index (χ0v) is 11.5. The Kier molecular flexibility index (Phi) is 3.74. The molecule has 2 rings (SSSR count). The lowest BCUT2D eigenvalue weighted by atomic mass is 9.70. The van der Waals surface area contributed by atoms with Crippen LogP contribution in [0, 0.1) is 11.8 Å². The molecule has 18 heavy (non-hydrogen) atoms. The summed E-state index contributed by atoms with van der Waals surface area (Å²) in [6.07, 6.45) is 2.64. The van der Waals surface area contributed by atoms with E-state index in [4.69, 9.17) is 0 Å². The summed E-state index contributed by atoms with van der Waals surface area (Å²) < 4.78 is 67.3. The highest BCUT2D eigenvalue weighted by Crippen LogP contribution is 2.45. The molecule has 0 bridgehead atoms. The van der Waals surface area contributed by atoms with Crippen LogP contribution in [0.1, 0.15) is 38.5 Å². The summed E-state index contributed by atoms with van der Waals surface area (Å²) in [6.45, 7) is 0. The maximum atomic E-state index is 11.2. The molecule has 0 heterocycles. The zero-order valence-electron chi connectivity index (χ0n) is 9.82. The van der Waals surface area contributed by atoms with Crippen molar-refractivity contribution in [3.8, 4) is 0 Å². The lowest BCUT2D eigenvalue weighted by Gasteiger charge is -2.46. The summed E-state index contributed by atoms with van der Waals surface area (Å²) in [6, 6.07) is 0. The molecule has 2 aliphatic carbocycles. The Morgan fingerprint density at radius 3 is 1.28 bits per heavy atom. The summed E-state index contributed by atoms with van der Waals surface area (Å²) in [5, 5.41) is -2.03. The third-order valence-corrected chi connectivity index (χ3v) is 6.95. The van der Waals surface area contributed by atoms with E-state index >= 15 is 0 Å². The first-order valence-corrected chi connectivity index (χ1v) is 9.05. The highest BCUT2D eigenvalue weighted by atomic mass is 32.2. The largest absolute Gasteiger partial charge is 0.748 e. The van der Waals surface area contributed by atoms with Gasteiger partial charge in [0.2, 0.25) is 0 Å². The lowest BCUT2D eigenvalue weighted by molar-refractivity contribution is 0.166. The predicted molar refractivity (Wildman–Crippen MR) is 61.7 cm³/mol. The van der Waals surface area contributed by atoms with Crippen LogP contribution in [0.2, 0.25) is 0 Å². The van der Waals surface area contributed by atoms with E-state index in [0.717, 1.165) is 0 Å². The molecule has 0 aromatic carbocycles. The SMILES string of the molecule is O=S(=O)([O-])C1CCCC2C1CCCC2S(=O)(=O)[O-]. The topological polar surface area (TPSA) is 114 Å². The summed E-state index contributed by atoms with van der Waals surface area (Å²) >= 11 is 0. The van der Waals surface area contributed by atoms with Gasteiger partial charge in [0, 0.05) is 0 Å². The fourth-order valence-corrected chi connectivity index (χ4v) is 6.05. The molecule has 0 aromatic rings. The van der Waals surface area contributed by atoms with Gasteiger partial charge in [-0.05, 0) is 37.5 Å². The van der Waals surface area contributed by atoms with Crippen LogP contribution in [0.5, 0.6) is 0 Å². The standard InChI is InChI=1S/C10H18O6S2/c11-17(12,13)9-5-1-3-7-8(9)4-2-6-10(7)18(14,15)16/h7-10H,1-6H2,(H,11,12,13)(H,14,15,16)/p-2. The molecule has 6 nitrogen and oxygen atoms in total. The molecule has 8 heteroatoms. The van der Waals surface area contributed by atoms with Gasteiger partial charge in [0.25, 0.3) is 0 Å². The number of fused-ring (bicyclic) bond motifs is 1. The number of hydrogen-bond acceptors (Lipinski definition) is 6. The van der Waals surface area contributed by atoms with Crippen LogP contribution in [-0.2, 0) is 20.2 Å². The fraction of sp³-hybridized carbons (Fsp3) is 1.00. The quantitative estimate of drug-likeness (QED) is 0.682. The first kappa shape index (κ1) is 14.2. The lowest BCUT2D eigenvalue weighted by Crippen LogP contribution is -2.47. The summed E-state index contributed by atoms with van der Waals surface area (Å²) in [4.78, 5) is 0. The first-order valence-electron chi connectivity index (χ1n) is 6.10. The predicted octanol–water partition coefficient (Wildman–Crippen LogP) is 0.414. The highest BCUT2D eigenvalue weighted by molar-refractivity contribution is 7.86. The maximum Gasteiger partial charge on any atom is 0.0978 e. The van der Waals surface area contributed by atoms with Crippen LogP contribution in [0.25, 0.3) is 0 Å². The molecule has 106 valence electrons. The van der Waals surface area contributed by atoms with Crippen LogP contribution in [0.3, 0.4) is 0 Å². The van der Waals surface area contributed by atoms with Crippen molar-refractivity contribution in [2.45, 2.75) is 49.0 Å². The van der Waals surface area contributed by atoms with E-state index < -0.39 is 42.6 Å². The van der Waals surface area contributed by atoms with E-state index in [1.54, 1.807) is 0 Å². The Bertz CT molecular complexity index is 460.